The number of para-hydroxylation sites is 1. The third kappa shape index (κ3) is 3.51. The molecular weight excluding hydrogens is 380 g/mol. The van der Waals surface area contributed by atoms with Crippen LogP contribution in [0.3, 0.4) is 0 Å². The molecule has 138 valence electrons. The van der Waals surface area contributed by atoms with E-state index in [4.69, 9.17) is 4.42 Å². The van der Waals surface area contributed by atoms with E-state index in [2.05, 4.69) is 10.1 Å². The number of furan rings is 1. The van der Waals surface area contributed by atoms with Gasteiger partial charge in [-0.25, -0.2) is 4.98 Å². The quantitative estimate of drug-likeness (QED) is 0.283. The molecule has 2 heterocycles. The van der Waals surface area contributed by atoms with Gasteiger partial charge in [0.25, 0.3) is 0 Å². The van der Waals surface area contributed by atoms with E-state index < -0.39 is 16.7 Å². The smallest absolute Gasteiger partial charge is 0.395 e. The minimum Gasteiger partial charge on any atom is -0.395 e. The molecule has 2 aromatic carbocycles. The average Bonchev–Trinajstić information content (AvgIpc) is 3.36. The molecule has 9 heteroatoms. The lowest BCUT2D eigenvalue weighted by atomic mass is 10.2. The summed E-state index contributed by atoms with van der Waals surface area (Å²) in [6.45, 7) is 0. The van der Waals surface area contributed by atoms with Gasteiger partial charge in [-0.1, -0.05) is 53.8 Å². The molecule has 0 unspecified atom stereocenters. The van der Waals surface area contributed by atoms with Crippen LogP contribution < -0.4 is 5.01 Å². The number of nitrogens with zero attached hydrogens (tertiary/aromatic N) is 4. The first-order chi connectivity index (χ1) is 13.6. The third-order valence-corrected chi connectivity index (χ3v) is 4.77. The number of amides is 1. The van der Waals surface area contributed by atoms with Gasteiger partial charge in [-0.3, -0.25) is 14.9 Å². The van der Waals surface area contributed by atoms with Gasteiger partial charge in [-0.15, -0.1) is 0 Å². The summed E-state index contributed by atoms with van der Waals surface area (Å²) in [5.74, 6) is -1.37. The summed E-state index contributed by atoms with van der Waals surface area (Å²) >= 11 is 1.28. The maximum Gasteiger partial charge on any atom is 0.433 e. The number of rotatable bonds is 5. The molecule has 0 N–H and O–H groups in total. The number of thiazole rings is 1. The normalized spacial score (nSPS) is 11.1. The molecule has 0 saturated carbocycles. The Morgan fingerprint density at radius 1 is 1.11 bits per heavy atom. The zero-order valence-electron chi connectivity index (χ0n) is 14.3. The van der Waals surface area contributed by atoms with Crippen molar-refractivity contribution in [1.82, 2.24) is 4.98 Å². The van der Waals surface area contributed by atoms with E-state index >= 15 is 0 Å². The van der Waals surface area contributed by atoms with Crippen LogP contribution in [0.25, 0.3) is 10.2 Å². The van der Waals surface area contributed by atoms with E-state index in [0.717, 1.165) is 26.9 Å². The molecule has 28 heavy (non-hydrogen) atoms. The molecular formula is C19H12N4O4S. The summed E-state index contributed by atoms with van der Waals surface area (Å²) < 4.78 is 5.93. The molecule has 0 aliphatic carbocycles. The van der Waals surface area contributed by atoms with Gasteiger partial charge in [0.1, 0.15) is 4.92 Å². The molecule has 0 fully saturated rings. The van der Waals surface area contributed by atoms with E-state index in [0.29, 0.717) is 5.13 Å². The molecule has 0 bridgehead atoms. The number of hydrazone groups is 1. The average molecular weight is 392 g/mol. The summed E-state index contributed by atoms with van der Waals surface area (Å²) in [5, 5.41) is 16.5. The lowest BCUT2D eigenvalue weighted by Gasteiger charge is -2.11. The van der Waals surface area contributed by atoms with Crippen molar-refractivity contribution in [3.05, 3.63) is 88.2 Å². The minimum absolute atomic E-state index is 0.198. The first kappa shape index (κ1) is 17.6. The largest absolute Gasteiger partial charge is 0.433 e. The van der Waals surface area contributed by atoms with Crippen LogP contribution in [0.15, 0.2) is 76.2 Å². The zero-order valence-corrected chi connectivity index (χ0v) is 15.1. The van der Waals surface area contributed by atoms with Crippen molar-refractivity contribution >= 4 is 44.7 Å². The van der Waals surface area contributed by atoms with E-state index in [9.17, 15) is 14.9 Å². The summed E-state index contributed by atoms with van der Waals surface area (Å²) in [5.41, 5.74) is 1.51. The maximum atomic E-state index is 12.9. The summed E-state index contributed by atoms with van der Waals surface area (Å²) in [6, 6.07) is 19.1. The SMILES string of the molecule is O=C(c1ccc([N+](=O)[O-])o1)N(/N=C\c1ccccc1)c1nc2ccccc2s1. The van der Waals surface area contributed by atoms with Crippen molar-refractivity contribution in [1.29, 1.82) is 0 Å². The molecule has 0 radical (unpaired) electrons. The molecule has 2 aromatic heterocycles. The Morgan fingerprint density at radius 2 is 1.86 bits per heavy atom. The van der Waals surface area contributed by atoms with Crippen molar-refractivity contribution in [2.45, 2.75) is 0 Å². The van der Waals surface area contributed by atoms with E-state index in [1.54, 1.807) is 0 Å². The van der Waals surface area contributed by atoms with Gasteiger partial charge < -0.3 is 4.42 Å². The Labute approximate surface area is 162 Å². The van der Waals surface area contributed by atoms with Crippen LogP contribution in [0.5, 0.6) is 0 Å². The van der Waals surface area contributed by atoms with Crippen LogP contribution in [-0.2, 0) is 0 Å². The number of anilines is 1. The fourth-order valence-electron chi connectivity index (χ4n) is 2.45. The standard InChI is InChI=1S/C19H12N4O4S/c24-18(15-10-11-17(27-15)23(25)26)22(20-12-13-6-2-1-3-7-13)19-21-14-8-4-5-9-16(14)28-19/h1-12H/b20-12-. The molecule has 0 aliphatic heterocycles. The molecule has 0 atom stereocenters. The number of aromatic nitrogens is 1. The zero-order chi connectivity index (χ0) is 19.5. The van der Waals surface area contributed by atoms with Crippen LogP contribution in [0, 0.1) is 10.1 Å². The molecule has 1 amide bonds. The highest BCUT2D eigenvalue weighted by Gasteiger charge is 2.26. The third-order valence-electron chi connectivity index (χ3n) is 3.76. The summed E-state index contributed by atoms with van der Waals surface area (Å²) in [7, 11) is 0. The van der Waals surface area contributed by atoms with Crippen LogP contribution in [0.2, 0.25) is 0 Å². The Bertz CT molecular complexity index is 1150. The van der Waals surface area contributed by atoms with Crippen molar-refractivity contribution in [2.75, 3.05) is 5.01 Å². The molecule has 4 rings (SSSR count). The summed E-state index contributed by atoms with van der Waals surface area (Å²) in [6.07, 6.45) is 1.52. The Balaban J connectivity index is 1.74. The first-order valence-corrected chi connectivity index (χ1v) is 8.97. The van der Waals surface area contributed by atoms with Gasteiger partial charge in [-0.2, -0.15) is 10.1 Å². The number of carbonyl (C=O) groups is 1. The molecule has 4 aromatic rings. The predicted octanol–water partition coefficient (Wildman–Crippen LogP) is 4.48. The molecule has 0 spiro atoms. The van der Waals surface area contributed by atoms with Crippen LogP contribution in [-0.4, -0.2) is 22.0 Å². The van der Waals surface area contributed by atoms with E-state index in [1.165, 1.54) is 23.6 Å². The van der Waals surface area contributed by atoms with Crippen molar-refractivity contribution in [3.8, 4) is 0 Å². The number of nitro groups is 1. The van der Waals surface area contributed by atoms with Crippen LogP contribution in [0.1, 0.15) is 16.1 Å². The molecule has 0 aliphatic rings. The van der Waals surface area contributed by atoms with Gasteiger partial charge in [0.05, 0.1) is 22.5 Å². The molecule has 8 nitrogen and oxygen atoms in total. The van der Waals surface area contributed by atoms with Gasteiger partial charge in [0.15, 0.2) is 0 Å². The van der Waals surface area contributed by atoms with Gasteiger partial charge in [-0.05, 0) is 23.8 Å². The van der Waals surface area contributed by atoms with Crippen LogP contribution in [0.4, 0.5) is 11.0 Å². The Hall–Kier alpha value is -3.85. The highest BCUT2D eigenvalue weighted by Crippen LogP contribution is 2.30. The second-order valence-corrected chi connectivity index (χ2v) is 6.64. The minimum atomic E-state index is -0.702. The highest BCUT2D eigenvalue weighted by molar-refractivity contribution is 7.22. The Kier molecular flexibility index (Phi) is 4.65. The lowest BCUT2D eigenvalue weighted by molar-refractivity contribution is -0.402. The predicted molar refractivity (Wildman–Crippen MR) is 106 cm³/mol. The first-order valence-electron chi connectivity index (χ1n) is 8.15. The van der Waals surface area contributed by atoms with Gasteiger partial charge >= 0.3 is 11.8 Å². The fraction of sp³-hybridized carbons (Fsp3) is 0. The fourth-order valence-corrected chi connectivity index (χ4v) is 3.37. The van der Waals surface area contributed by atoms with Crippen molar-refractivity contribution in [3.63, 3.8) is 0 Å². The van der Waals surface area contributed by atoms with Crippen LogP contribution >= 0.6 is 11.3 Å². The van der Waals surface area contributed by atoms with Crippen molar-refractivity contribution in [2.24, 2.45) is 5.10 Å². The number of hydrogen-bond donors (Lipinski definition) is 0. The monoisotopic (exact) mass is 392 g/mol. The maximum absolute atomic E-state index is 12.9. The summed E-state index contributed by atoms with van der Waals surface area (Å²) in [4.78, 5) is 27.5. The molecule has 0 saturated heterocycles. The Morgan fingerprint density at radius 3 is 2.57 bits per heavy atom. The van der Waals surface area contributed by atoms with Crippen molar-refractivity contribution < 1.29 is 14.1 Å². The number of benzene rings is 2. The van der Waals surface area contributed by atoms with E-state index in [1.807, 2.05) is 54.6 Å². The van der Waals surface area contributed by atoms with Gasteiger partial charge in [0.2, 0.25) is 10.9 Å². The lowest BCUT2D eigenvalue weighted by Crippen LogP contribution is -2.25. The second kappa shape index (κ2) is 7.41. The van der Waals surface area contributed by atoms with Gasteiger partial charge in [0, 0.05) is 0 Å². The number of hydrogen-bond acceptors (Lipinski definition) is 7. The second-order valence-electron chi connectivity index (χ2n) is 5.63. The number of carbonyl (C=O) groups excluding carboxylic acids is 1. The topological polar surface area (TPSA) is 102 Å². The van der Waals surface area contributed by atoms with E-state index in [-0.39, 0.29) is 5.76 Å². The number of fused-ring (bicyclic) bond motifs is 1. The highest BCUT2D eigenvalue weighted by atomic mass is 32.1.